The summed E-state index contributed by atoms with van der Waals surface area (Å²) in [5.41, 5.74) is 0.314. The molecule has 8 heteroatoms. The molecule has 0 spiro atoms. The Hall–Kier alpha value is -3.00. The predicted molar refractivity (Wildman–Crippen MR) is 94.3 cm³/mol. The standard InChI is InChI=1S/C18H10F3N3OS/c19-18(20,21)12-1-3-13(4-2-12)23-16(25)15-8-10-7-11-9-22-6-5-14(11)24-17(10)26-15/h1-9H,(H,23,25). The molecule has 1 aromatic carbocycles. The van der Waals surface area contributed by atoms with E-state index >= 15 is 0 Å². The molecule has 130 valence electrons. The van der Waals surface area contributed by atoms with Gasteiger partial charge in [0.2, 0.25) is 0 Å². The fourth-order valence-electron chi connectivity index (χ4n) is 2.52. The molecule has 1 amide bonds. The number of rotatable bonds is 2. The van der Waals surface area contributed by atoms with Crippen molar-refractivity contribution in [1.82, 2.24) is 9.97 Å². The Morgan fingerprint density at radius 2 is 1.81 bits per heavy atom. The van der Waals surface area contributed by atoms with Gasteiger partial charge in [0.25, 0.3) is 5.91 Å². The van der Waals surface area contributed by atoms with E-state index in [-0.39, 0.29) is 0 Å². The molecular formula is C18H10F3N3OS. The van der Waals surface area contributed by atoms with Crippen molar-refractivity contribution >= 4 is 44.1 Å². The highest BCUT2D eigenvalue weighted by molar-refractivity contribution is 7.20. The summed E-state index contributed by atoms with van der Waals surface area (Å²) in [6.45, 7) is 0. The lowest BCUT2D eigenvalue weighted by Crippen LogP contribution is -2.10. The molecule has 0 bridgehead atoms. The van der Waals surface area contributed by atoms with Crippen molar-refractivity contribution in [1.29, 1.82) is 0 Å². The van der Waals surface area contributed by atoms with Crippen LogP contribution in [0.4, 0.5) is 18.9 Å². The summed E-state index contributed by atoms with van der Waals surface area (Å²) in [5, 5.41) is 4.28. The molecule has 0 aliphatic rings. The maximum Gasteiger partial charge on any atom is 0.416 e. The zero-order valence-corrected chi connectivity index (χ0v) is 13.9. The van der Waals surface area contributed by atoms with Crippen molar-refractivity contribution < 1.29 is 18.0 Å². The van der Waals surface area contributed by atoms with Gasteiger partial charge in [-0.05, 0) is 42.5 Å². The Kier molecular flexibility index (Phi) is 3.84. The van der Waals surface area contributed by atoms with E-state index in [4.69, 9.17) is 0 Å². The molecule has 0 radical (unpaired) electrons. The molecule has 0 saturated carbocycles. The second-order valence-electron chi connectivity index (χ2n) is 5.59. The van der Waals surface area contributed by atoms with Crippen molar-refractivity contribution in [2.24, 2.45) is 0 Å². The number of amides is 1. The zero-order chi connectivity index (χ0) is 18.3. The number of anilines is 1. The SMILES string of the molecule is O=C(Nc1ccc(C(F)(F)F)cc1)c1cc2cc3cnccc3nc2s1. The molecule has 0 unspecified atom stereocenters. The van der Waals surface area contributed by atoms with E-state index in [1.165, 1.54) is 23.5 Å². The fraction of sp³-hybridized carbons (Fsp3) is 0.0556. The normalized spacial score (nSPS) is 11.8. The van der Waals surface area contributed by atoms with Crippen LogP contribution in [-0.2, 0) is 6.18 Å². The highest BCUT2D eigenvalue weighted by Crippen LogP contribution is 2.31. The number of carbonyl (C=O) groups is 1. The molecule has 0 saturated heterocycles. The summed E-state index contributed by atoms with van der Waals surface area (Å²) < 4.78 is 37.8. The number of nitrogens with zero attached hydrogens (tertiary/aromatic N) is 2. The highest BCUT2D eigenvalue weighted by atomic mass is 32.1. The monoisotopic (exact) mass is 373 g/mol. The van der Waals surface area contributed by atoms with Crippen LogP contribution in [0.1, 0.15) is 15.2 Å². The molecule has 4 rings (SSSR count). The lowest BCUT2D eigenvalue weighted by Gasteiger charge is -2.08. The van der Waals surface area contributed by atoms with Crippen LogP contribution in [-0.4, -0.2) is 15.9 Å². The molecule has 0 aliphatic heterocycles. The maximum atomic E-state index is 12.6. The van der Waals surface area contributed by atoms with Crippen LogP contribution in [0.2, 0.25) is 0 Å². The second kappa shape index (κ2) is 6.06. The number of thiophene rings is 1. The molecule has 0 aliphatic carbocycles. The zero-order valence-electron chi connectivity index (χ0n) is 13.0. The Bertz CT molecular complexity index is 1070. The molecule has 0 atom stereocenters. The minimum absolute atomic E-state index is 0.294. The van der Waals surface area contributed by atoms with Crippen molar-refractivity contribution in [3.8, 4) is 0 Å². The molecular weight excluding hydrogens is 363 g/mol. The number of hydrogen-bond acceptors (Lipinski definition) is 4. The lowest BCUT2D eigenvalue weighted by molar-refractivity contribution is -0.137. The Balaban J connectivity index is 1.60. The van der Waals surface area contributed by atoms with Gasteiger partial charge >= 0.3 is 6.18 Å². The van der Waals surface area contributed by atoms with E-state index in [9.17, 15) is 18.0 Å². The topological polar surface area (TPSA) is 54.9 Å². The van der Waals surface area contributed by atoms with E-state index in [2.05, 4.69) is 15.3 Å². The van der Waals surface area contributed by atoms with Crippen LogP contribution in [0.3, 0.4) is 0 Å². The van der Waals surface area contributed by atoms with Gasteiger partial charge in [0.15, 0.2) is 0 Å². The minimum atomic E-state index is -4.41. The first-order chi connectivity index (χ1) is 12.4. The van der Waals surface area contributed by atoms with E-state index in [1.54, 1.807) is 24.5 Å². The lowest BCUT2D eigenvalue weighted by atomic mass is 10.2. The first-order valence-electron chi connectivity index (χ1n) is 7.53. The molecule has 3 aromatic heterocycles. The number of carbonyl (C=O) groups excluding carboxylic acids is 1. The van der Waals surface area contributed by atoms with Gasteiger partial charge < -0.3 is 5.32 Å². The van der Waals surface area contributed by atoms with E-state index < -0.39 is 17.6 Å². The number of fused-ring (bicyclic) bond motifs is 2. The number of halogens is 3. The molecule has 26 heavy (non-hydrogen) atoms. The van der Waals surface area contributed by atoms with Crippen molar-refractivity contribution in [2.45, 2.75) is 6.18 Å². The van der Waals surface area contributed by atoms with Gasteiger partial charge in [-0.3, -0.25) is 9.78 Å². The predicted octanol–water partition coefficient (Wildman–Crippen LogP) is 5.12. The molecule has 0 fully saturated rings. The average Bonchev–Trinajstić information content (AvgIpc) is 3.02. The van der Waals surface area contributed by atoms with Crippen LogP contribution >= 0.6 is 11.3 Å². The van der Waals surface area contributed by atoms with Gasteiger partial charge in [0.05, 0.1) is 16.0 Å². The molecule has 4 aromatic rings. The Morgan fingerprint density at radius 3 is 2.54 bits per heavy atom. The van der Waals surface area contributed by atoms with Crippen LogP contribution in [0, 0.1) is 0 Å². The number of aromatic nitrogens is 2. The van der Waals surface area contributed by atoms with Gasteiger partial charge in [0, 0.05) is 28.9 Å². The summed E-state index contributed by atoms with van der Waals surface area (Å²) in [7, 11) is 0. The van der Waals surface area contributed by atoms with Crippen molar-refractivity contribution in [3.05, 3.63) is 65.3 Å². The molecule has 1 N–H and O–H groups in total. The van der Waals surface area contributed by atoms with Gasteiger partial charge in [0.1, 0.15) is 4.83 Å². The van der Waals surface area contributed by atoms with Crippen LogP contribution in [0.5, 0.6) is 0 Å². The average molecular weight is 373 g/mol. The Labute approximate surface area is 149 Å². The largest absolute Gasteiger partial charge is 0.416 e. The van der Waals surface area contributed by atoms with E-state index in [1.807, 2.05) is 6.07 Å². The number of hydrogen-bond donors (Lipinski definition) is 1. The smallest absolute Gasteiger partial charge is 0.321 e. The van der Waals surface area contributed by atoms with Crippen LogP contribution in [0.25, 0.3) is 21.1 Å². The summed E-state index contributed by atoms with van der Waals surface area (Å²) in [4.78, 5) is 22.1. The van der Waals surface area contributed by atoms with Gasteiger partial charge in [-0.15, -0.1) is 11.3 Å². The third-order valence-corrected chi connectivity index (χ3v) is 4.84. The molecule has 3 heterocycles. The van der Waals surface area contributed by atoms with E-state index in [0.717, 1.165) is 28.4 Å². The minimum Gasteiger partial charge on any atom is -0.321 e. The summed E-state index contributed by atoms with van der Waals surface area (Å²) in [6, 6.07) is 9.72. The molecule has 4 nitrogen and oxygen atoms in total. The fourth-order valence-corrected chi connectivity index (χ4v) is 3.44. The van der Waals surface area contributed by atoms with Gasteiger partial charge in [-0.2, -0.15) is 13.2 Å². The third-order valence-electron chi connectivity index (χ3n) is 3.79. The van der Waals surface area contributed by atoms with Crippen molar-refractivity contribution in [3.63, 3.8) is 0 Å². The number of benzene rings is 1. The first kappa shape index (κ1) is 16.5. The van der Waals surface area contributed by atoms with Gasteiger partial charge in [-0.25, -0.2) is 4.98 Å². The third kappa shape index (κ3) is 3.11. The number of alkyl halides is 3. The quantitative estimate of drug-likeness (QED) is 0.531. The second-order valence-corrected chi connectivity index (χ2v) is 6.62. The van der Waals surface area contributed by atoms with Crippen LogP contribution < -0.4 is 5.32 Å². The maximum absolute atomic E-state index is 12.6. The first-order valence-corrected chi connectivity index (χ1v) is 8.35. The summed E-state index contributed by atoms with van der Waals surface area (Å²) in [6.07, 6.45) is -1.06. The highest BCUT2D eigenvalue weighted by Gasteiger charge is 2.30. The number of pyridine rings is 2. The number of nitrogens with one attached hydrogen (secondary N) is 1. The van der Waals surface area contributed by atoms with Crippen LogP contribution in [0.15, 0.2) is 54.9 Å². The van der Waals surface area contributed by atoms with Crippen molar-refractivity contribution in [2.75, 3.05) is 5.32 Å². The summed E-state index contributed by atoms with van der Waals surface area (Å²) in [5.74, 6) is -0.394. The van der Waals surface area contributed by atoms with E-state index in [0.29, 0.717) is 15.4 Å². The van der Waals surface area contributed by atoms with Gasteiger partial charge in [-0.1, -0.05) is 0 Å². The summed E-state index contributed by atoms with van der Waals surface area (Å²) >= 11 is 1.22. The Morgan fingerprint density at radius 1 is 1.04 bits per heavy atom.